The van der Waals surface area contributed by atoms with E-state index in [1.807, 2.05) is 0 Å². The fourth-order valence-corrected chi connectivity index (χ4v) is 1.40. The van der Waals surface area contributed by atoms with Crippen LogP contribution in [0.25, 0.3) is 0 Å². The van der Waals surface area contributed by atoms with Gasteiger partial charge in [-0.25, -0.2) is 0 Å². The molecule has 0 radical (unpaired) electrons. The van der Waals surface area contributed by atoms with Gasteiger partial charge in [0.2, 0.25) is 0 Å². The summed E-state index contributed by atoms with van der Waals surface area (Å²) < 4.78 is 4.73. The number of esters is 1. The maximum absolute atomic E-state index is 11.1. The molecular formula is C11H13NO5. The minimum absolute atomic E-state index is 0.0859. The van der Waals surface area contributed by atoms with Gasteiger partial charge < -0.3 is 9.84 Å². The number of hydrogen-bond donors (Lipinski definition) is 1. The minimum atomic E-state index is -0.663. The summed E-state index contributed by atoms with van der Waals surface area (Å²) in [6.45, 7) is 1.99. The van der Waals surface area contributed by atoms with Crippen LogP contribution in [0.5, 0.6) is 5.75 Å². The molecule has 0 aliphatic heterocycles. The third-order valence-electron chi connectivity index (χ3n) is 2.20. The zero-order valence-electron chi connectivity index (χ0n) is 9.38. The first kappa shape index (κ1) is 13.0. The standard InChI is InChI=1S/C11H13NO5/c1-2-17-10(13)7-6-8-4-3-5-9(11(8)14)12(15)16/h3-5,14H,2,6-7H2,1H3. The lowest BCUT2D eigenvalue weighted by Gasteiger charge is -2.04. The van der Waals surface area contributed by atoms with Crippen molar-refractivity contribution in [3.63, 3.8) is 0 Å². The van der Waals surface area contributed by atoms with Gasteiger partial charge in [0.05, 0.1) is 11.5 Å². The Hall–Kier alpha value is -2.11. The molecule has 0 aliphatic rings. The van der Waals surface area contributed by atoms with Gasteiger partial charge in [-0.2, -0.15) is 0 Å². The minimum Gasteiger partial charge on any atom is -0.502 e. The molecule has 6 nitrogen and oxygen atoms in total. The molecular weight excluding hydrogens is 226 g/mol. The van der Waals surface area contributed by atoms with Gasteiger partial charge in [0.15, 0.2) is 5.75 Å². The number of ether oxygens (including phenoxy) is 1. The number of carbonyl (C=O) groups is 1. The van der Waals surface area contributed by atoms with Gasteiger partial charge in [0.25, 0.3) is 0 Å². The summed E-state index contributed by atoms with van der Waals surface area (Å²) in [4.78, 5) is 21.0. The molecule has 1 aromatic rings. The number of aromatic hydroxyl groups is 1. The first-order valence-electron chi connectivity index (χ1n) is 5.17. The Kier molecular flexibility index (Phi) is 4.45. The second kappa shape index (κ2) is 5.83. The Bertz CT molecular complexity index is 430. The SMILES string of the molecule is CCOC(=O)CCc1cccc([N+](=O)[O-])c1O. The molecule has 92 valence electrons. The van der Waals surface area contributed by atoms with Crippen LogP contribution < -0.4 is 0 Å². The maximum atomic E-state index is 11.1. The average molecular weight is 239 g/mol. The Labute approximate surface area is 98.0 Å². The van der Waals surface area contributed by atoms with E-state index in [1.165, 1.54) is 12.1 Å². The van der Waals surface area contributed by atoms with E-state index >= 15 is 0 Å². The summed E-state index contributed by atoms with van der Waals surface area (Å²) in [6.07, 6.45) is 0.301. The number of rotatable bonds is 5. The van der Waals surface area contributed by atoms with Crippen molar-refractivity contribution in [2.75, 3.05) is 6.61 Å². The lowest BCUT2D eigenvalue weighted by molar-refractivity contribution is -0.385. The molecule has 0 spiro atoms. The van der Waals surface area contributed by atoms with E-state index in [4.69, 9.17) is 4.74 Å². The van der Waals surface area contributed by atoms with Crippen molar-refractivity contribution in [1.82, 2.24) is 0 Å². The van der Waals surface area contributed by atoms with E-state index in [0.29, 0.717) is 12.2 Å². The largest absolute Gasteiger partial charge is 0.502 e. The van der Waals surface area contributed by atoms with Crippen LogP contribution in [-0.2, 0) is 16.0 Å². The van der Waals surface area contributed by atoms with Gasteiger partial charge in [-0.3, -0.25) is 14.9 Å². The molecule has 6 heteroatoms. The molecule has 0 saturated carbocycles. The predicted octanol–water partition coefficient (Wildman–Crippen LogP) is 1.80. The average Bonchev–Trinajstić information content (AvgIpc) is 2.27. The van der Waals surface area contributed by atoms with Crippen LogP contribution in [0.2, 0.25) is 0 Å². The van der Waals surface area contributed by atoms with E-state index in [0.717, 1.165) is 0 Å². The van der Waals surface area contributed by atoms with Gasteiger partial charge in [-0.05, 0) is 13.3 Å². The number of benzene rings is 1. The second-order valence-electron chi connectivity index (χ2n) is 3.35. The number of nitrogens with zero attached hydrogens (tertiary/aromatic N) is 1. The summed E-state index contributed by atoms with van der Waals surface area (Å²) in [6, 6.07) is 4.23. The van der Waals surface area contributed by atoms with E-state index < -0.39 is 10.9 Å². The zero-order chi connectivity index (χ0) is 12.8. The third kappa shape index (κ3) is 3.44. The Morgan fingerprint density at radius 3 is 2.82 bits per heavy atom. The molecule has 0 aliphatic carbocycles. The van der Waals surface area contributed by atoms with Crippen molar-refractivity contribution in [1.29, 1.82) is 0 Å². The van der Waals surface area contributed by atoms with Gasteiger partial charge in [0, 0.05) is 18.1 Å². The van der Waals surface area contributed by atoms with Gasteiger partial charge >= 0.3 is 11.7 Å². The molecule has 0 fully saturated rings. The number of phenols is 1. The molecule has 0 atom stereocenters. The summed E-state index contributed by atoms with van der Waals surface area (Å²) >= 11 is 0. The van der Waals surface area contributed by atoms with Crippen LogP contribution in [0.15, 0.2) is 18.2 Å². The van der Waals surface area contributed by atoms with E-state index in [2.05, 4.69) is 0 Å². The van der Waals surface area contributed by atoms with Crippen LogP contribution in [0.3, 0.4) is 0 Å². The second-order valence-corrected chi connectivity index (χ2v) is 3.35. The zero-order valence-corrected chi connectivity index (χ0v) is 9.38. The van der Waals surface area contributed by atoms with Gasteiger partial charge in [-0.1, -0.05) is 12.1 Å². The van der Waals surface area contributed by atoms with Gasteiger partial charge in [0.1, 0.15) is 0 Å². The number of hydrogen-bond acceptors (Lipinski definition) is 5. The number of nitro groups is 1. The number of phenolic OH excluding ortho intramolecular Hbond substituents is 1. The first-order chi connectivity index (χ1) is 8.06. The number of carbonyl (C=O) groups excluding carboxylic acids is 1. The van der Waals surface area contributed by atoms with Crippen molar-refractivity contribution in [3.8, 4) is 5.75 Å². The van der Waals surface area contributed by atoms with Crippen molar-refractivity contribution in [2.45, 2.75) is 19.8 Å². The molecule has 1 rings (SSSR count). The van der Waals surface area contributed by atoms with Gasteiger partial charge in [-0.15, -0.1) is 0 Å². The molecule has 17 heavy (non-hydrogen) atoms. The fourth-order valence-electron chi connectivity index (χ4n) is 1.40. The van der Waals surface area contributed by atoms with Crippen LogP contribution in [0, 0.1) is 10.1 Å². The lowest BCUT2D eigenvalue weighted by atomic mass is 10.1. The van der Waals surface area contributed by atoms with E-state index in [1.54, 1.807) is 13.0 Å². The normalized spacial score (nSPS) is 9.94. The van der Waals surface area contributed by atoms with Crippen molar-refractivity contribution < 1.29 is 19.6 Å². The highest BCUT2D eigenvalue weighted by Crippen LogP contribution is 2.29. The fraction of sp³-hybridized carbons (Fsp3) is 0.364. The summed E-state index contributed by atoms with van der Waals surface area (Å²) in [5.74, 6) is -0.778. The number of nitro benzene ring substituents is 1. The molecule has 0 bridgehead atoms. The predicted molar refractivity (Wildman–Crippen MR) is 59.7 cm³/mol. The highest BCUT2D eigenvalue weighted by atomic mass is 16.6. The summed E-state index contributed by atoms with van der Waals surface area (Å²) in [5, 5.41) is 20.2. The highest BCUT2D eigenvalue weighted by Gasteiger charge is 2.16. The van der Waals surface area contributed by atoms with Crippen molar-refractivity contribution >= 4 is 11.7 Å². The molecule has 1 aromatic carbocycles. The lowest BCUT2D eigenvalue weighted by Crippen LogP contribution is -2.05. The first-order valence-corrected chi connectivity index (χ1v) is 5.17. The summed E-state index contributed by atoms with van der Waals surface area (Å²) in [7, 11) is 0. The van der Waals surface area contributed by atoms with Crippen LogP contribution in [-0.4, -0.2) is 22.6 Å². The van der Waals surface area contributed by atoms with Crippen LogP contribution in [0.1, 0.15) is 18.9 Å². The van der Waals surface area contributed by atoms with Crippen LogP contribution in [0.4, 0.5) is 5.69 Å². The number of aryl methyl sites for hydroxylation is 1. The molecule has 1 N–H and O–H groups in total. The van der Waals surface area contributed by atoms with Crippen molar-refractivity contribution in [3.05, 3.63) is 33.9 Å². The Morgan fingerprint density at radius 1 is 1.53 bits per heavy atom. The molecule has 0 saturated heterocycles. The molecule has 0 amide bonds. The maximum Gasteiger partial charge on any atom is 0.310 e. The Balaban J connectivity index is 2.75. The Morgan fingerprint density at radius 2 is 2.24 bits per heavy atom. The topological polar surface area (TPSA) is 89.7 Å². The molecule has 0 aromatic heterocycles. The molecule has 0 heterocycles. The van der Waals surface area contributed by atoms with E-state index in [-0.39, 0.29) is 24.3 Å². The van der Waals surface area contributed by atoms with Crippen molar-refractivity contribution in [2.24, 2.45) is 0 Å². The summed E-state index contributed by atoms with van der Waals surface area (Å²) in [5.41, 5.74) is 0.0126. The quantitative estimate of drug-likeness (QED) is 0.480. The number of para-hydroxylation sites is 1. The van der Waals surface area contributed by atoms with Crippen LogP contribution >= 0.6 is 0 Å². The third-order valence-corrected chi connectivity index (χ3v) is 2.20. The smallest absolute Gasteiger partial charge is 0.310 e. The monoisotopic (exact) mass is 239 g/mol. The van der Waals surface area contributed by atoms with E-state index in [9.17, 15) is 20.0 Å². The molecule has 0 unspecified atom stereocenters. The highest BCUT2D eigenvalue weighted by molar-refractivity contribution is 5.70.